The molecule has 0 N–H and O–H groups in total. The molecule has 0 aliphatic rings. The first-order valence-corrected chi connectivity index (χ1v) is 19.5. The minimum atomic E-state index is -3.17. The second kappa shape index (κ2) is 20.1. The van der Waals surface area contributed by atoms with Gasteiger partial charge in [0, 0.05) is 46.5 Å². The maximum atomic E-state index is 9.89. The zero-order valence-electron chi connectivity index (χ0n) is 30.9. The molecule has 0 bridgehead atoms. The number of halogens is 1. The third-order valence-electron chi connectivity index (χ3n) is 8.67. The Bertz CT molecular complexity index is 2110. The van der Waals surface area contributed by atoms with Gasteiger partial charge in [-0.3, -0.25) is 0 Å². The van der Waals surface area contributed by atoms with Crippen molar-refractivity contribution in [2.75, 3.05) is 14.2 Å². The molecule has 0 saturated heterocycles. The van der Waals surface area contributed by atoms with Crippen LogP contribution in [0.1, 0.15) is 0 Å². The second-order valence-corrected chi connectivity index (χ2v) is 14.5. The Kier molecular flexibility index (Phi) is 14.2. The van der Waals surface area contributed by atoms with Crippen molar-refractivity contribution >= 4 is 30.1 Å². The van der Waals surface area contributed by atoms with Gasteiger partial charge in [0.15, 0.2) is 0 Å². The molecule has 0 amide bonds. The summed E-state index contributed by atoms with van der Waals surface area (Å²) in [7, 11) is 0.223. The summed E-state index contributed by atoms with van der Waals surface area (Å²) in [6, 6.07) is 67.8. The summed E-state index contributed by atoms with van der Waals surface area (Å²) in [6.07, 6.45) is 0. The molecule has 8 rings (SSSR count). The summed E-state index contributed by atoms with van der Waals surface area (Å²) in [5, 5.41) is 16.6. The Hall–Kier alpha value is -6.03. The molecule has 0 spiro atoms. The van der Waals surface area contributed by atoms with Crippen molar-refractivity contribution in [1.82, 2.24) is 0 Å². The summed E-state index contributed by atoms with van der Waals surface area (Å²) >= 11 is 3.64. The van der Waals surface area contributed by atoms with Crippen LogP contribution in [-0.2, 0) is 0 Å². The minimum Gasteiger partial charge on any atom is -0.867 e. The van der Waals surface area contributed by atoms with Crippen LogP contribution in [0.2, 0.25) is 0 Å². The Labute approximate surface area is 336 Å². The van der Waals surface area contributed by atoms with E-state index in [0.29, 0.717) is 0 Å². The van der Waals surface area contributed by atoms with E-state index in [4.69, 9.17) is 19.5 Å². The van der Waals surface area contributed by atoms with Crippen LogP contribution in [0.4, 0.5) is 4.32 Å². The molecular weight excluding hydrogens is 734 g/mol. The predicted octanol–water partition coefficient (Wildman–Crippen LogP) is 11.7. The summed E-state index contributed by atoms with van der Waals surface area (Å²) in [4.78, 5) is 5.05. The topological polar surface area (TPSA) is 64.6 Å². The van der Waals surface area contributed by atoms with Gasteiger partial charge in [-0.25, -0.2) is 0 Å². The number of methoxy groups -OCH3 is 2. The normalized spacial score (nSPS) is 10.2. The van der Waals surface area contributed by atoms with E-state index in [0.717, 1.165) is 11.5 Å². The molecule has 6 aromatic carbocycles. The van der Waals surface area contributed by atoms with Crippen molar-refractivity contribution < 1.29 is 23.8 Å². The number of hydrogen-bond acceptors (Lipinski definition) is 4. The van der Waals surface area contributed by atoms with Crippen molar-refractivity contribution in [2.24, 2.45) is 0 Å². The smallest absolute Gasteiger partial charge is 0.239 e. The van der Waals surface area contributed by atoms with E-state index in [2.05, 4.69) is 170 Å². The van der Waals surface area contributed by atoms with Crippen LogP contribution in [0.5, 0.6) is 11.5 Å². The average molecular weight is 773 g/mol. The molecule has 56 heavy (non-hydrogen) atoms. The van der Waals surface area contributed by atoms with Gasteiger partial charge in [-0.15, -0.1) is 0 Å². The lowest BCUT2D eigenvalue weighted by molar-refractivity contribution is -0.366. The van der Waals surface area contributed by atoms with E-state index in [9.17, 15) is 4.32 Å². The lowest BCUT2D eigenvalue weighted by Gasteiger charge is -2.09. The van der Waals surface area contributed by atoms with Gasteiger partial charge in [0.05, 0.1) is 14.2 Å². The fraction of sp³-hybridized carbons (Fsp3) is 0.0417. The lowest BCUT2D eigenvalue weighted by atomic mass is 10.0. The summed E-state index contributed by atoms with van der Waals surface area (Å²) in [6.45, 7) is 0. The van der Waals surface area contributed by atoms with Gasteiger partial charge in [0.25, 0.3) is 0 Å². The summed E-state index contributed by atoms with van der Waals surface area (Å²) in [5.74, 6) is 1.75. The van der Waals surface area contributed by atoms with Crippen LogP contribution < -0.4 is 19.5 Å². The van der Waals surface area contributed by atoms with E-state index in [-0.39, 0.29) is 0 Å². The van der Waals surface area contributed by atoms with Gasteiger partial charge in [-0.05, 0) is 95.1 Å². The van der Waals surface area contributed by atoms with Crippen LogP contribution in [0.25, 0.3) is 64.0 Å². The second-order valence-electron chi connectivity index (χ2n) is 12.3. The van der Waals surface area contributed by atoms with Crippen molar-refractivity contribution in [3.8, 4) is 75.5 Å². The highest BCUT2D eigenvalue weighted by molar-refractivity contribution is 7.18. The van der Waals surface area contributed by atoms with Crippen LogP contribution >= 0.6 is 22.7 Å². The minimum absolute atomic E-state index is 0.874. The van der Waals surface area contributed by atoms with E-state index in [1.165, 1.54) is 64.0 Å². The van der Waals surface area contributed by atoms with Crippen molar-refractivity contribution in [3.63, 3.8) is 0 Å². The van der Waals surface area contributed by atoms with E-state index in [1.54, 1.807) is 14.2 Å². The third kappa shape index (κ3) is 11.0. The highest BCUT2D eigenvalue weighted by Crippen LogP contribution is 2.39. The van der Waals surface area contributed by atoms with Gasteiger partial charge >= 0.3 is 0 Å². The Balaban J connectivity index is 0.000000174. The average Bonchev–Trinajstić information content (AvgIpc) is 3.27. The third-order valence-corrected chi connectivity index (χ3v) is 11.0. The van der Waals surface area contributed by atoms with Gasteiger partial charge in [0.1, 0.15) is 18.9 Å². The van der Waals surface area contributed by atoms with Crippen LogP contribution in [0.15, 0.2) is 194 Å². The Morgan fingerprint density at radius 3 is 0.804 bits per heavy atom. The summed E-state index contributed by atoms with van der Waals surface area (Å²) < 4.78 is 20.5. The van der Waals surface area contributed by atoms with Gasteiger partial charge in [-0.1, -0.05) is 97.1 Å². The van der Waals surface area contributed by atoms with E-state index < -0.39 is 7.40 Å². The molecule has 0 aliphatic carbocycles. The molecule has 0 aliphatic heterocycles. The number of ether oxygens (including phenoxy) is 2. The number of hydrogen-bond donors (Lipinski definition) is 0. The Morgan fingerprint density at radius 1 is 0.357 bits per heavy atom. The Morgan fingerprint density at radius 2 is 0.589 bits per heavy atom. The highest BCUT2D eigenvalue weighted by Gasteiger charge is 2.20. The first-order valence-electron chi connectivity index (χ1n) is 17.8. The molecule has 8 heteroatoms. The molecular formula is C48H38BFO4S2. The maximum Gasteiger partial charge on any atom is 0.239 e. The van der Waals surface area contributed by atoms with Gasteiger partial charge in [0.2, 0.25) is 42.2 Å². The van der Waals surface area contributed by atoms with E-state index in [1.807, 2.05) is 46.9 Å². The zero-order chi connectivity index (χ0) is 39.1. The monoisotopic (exact) mass is 772 g/mol. The first kappa shape index (κ1) is 39.7. The van der Waals surface area contributed by atoms with Gasteiger partial charge in [-0.2, -0.15) is 0 Å². The van der Waals surface area contributed by atoms with Crippen LogP contribution in [0.3, 0.4) is 0 Å². The molecule has 276 valence electrons. The first-order chi connectivity index (χ1) is 27.4. The molecule has 0 saturated carbocycles. The molecule has 0 radical (unpaired) electrons. The van der Waals surface area contributed by atoms with Crippen LogP contribution in [0, 0.1) is 0 Å². The molecule has 4 nitrogen and oxygen atoms in total. The van der Waals surface area contributed by atoms with Crippen molar-refractivity contribution in [1.29, 1.82) is 0 Å². The molecule has 8 aromatic rings. The summed E-state index contributed by atoms with van der Waals surface area (Å²) in [5.41, 5.74) is 9.76. The molecule has 0 fully saturated rings. The van der Waals surface area contributed by atoms with Crippen LogP contribution in [-0.4, -0.2) is 21.6 Å². The predicted molar refractivity (Wildman–Crippen MR) is 230 cm³/mol. The molecule has 2 aromatic heterocycles. The highest BCUT2D eigenvalue weighted by atomic mass is 32.1. The van der Waals surface area contributed by atoms with Crippen molar-refractivity contribution in [3.05, 3.63) is 194 Å². The fourth-order valence-electron chi connectivity index (χ4n) is 5.88. The number of rotatable bonds is 8. The quantitative estimate of drug-likeness (QED) is 0.114. The standard InChI is InChI=1S/2C24H19OS.BFO2/c2*1-25-22-14-12-18(13-15-22)21-16-23(19-8-4-2-5-9-19)26-24(17-21)20-10-6-3-7-11-20;2-1(3)4/h2*2-17H,1H3;/q2*+1;-2. The zero-order valence-corrected chi connectivity index (χ0v) is 32.5. The molecule has 0 unspecified atom stereocenters. The lowest BCUT2D eigenvalue weighted by Crippen LogP contribution is -2.39. The number of benzene rings is 6. The van der Waals surface area contributed by atoms with E-state index >= 15 is 0 Å². The molecule has 2 heterocycles. The molecule has 0 atom stereocenters. The SMILES string of the molecule is COc1ccc(-c2cc(-c3ccccc3)[s+]c(-c3ccccc3)c2)cc1.COc1ccc(-c2cc(-c3ccccc3)[s+]c(-c3ccccc3)c2)cc1.[O-]B([O-])F. The van der Waals surface area contributed by atoms with Gasteiger partial charge < -0.3 is 23.8 Å². The largest absolute Gasteiger partial charge is 0.867 e. The fourth-order valence-corrected chi connectivity index (χ4v) is 8.12. The van der Waals surface area contributed by atoms with Crippen molar-refractivity contribution in [2.45, 2.75) is 0 Å². The maximum absolute atomic E-state index is 9.89.